The number of allylic oxidation sites excluding steroid dienone is 2. The summed E-state index contributed by atoms with van der Waals surface area (Å²) in [5.74, 6) is 1.15. The van der Waals surface area contributed by atoms with Gasteiger partial charge in [-0.15, -0.1) is 11.8 Å². The Kier molecular flexibility index (Phi) is 9.53. The smallest absolute Gasteiger partial charge is 0.0164 e. The predicted octanol–water partition coefficient (Wildman–Crippen LogP) is 5.67. The third kappa shape index (κ3) is 8.33. The van der Waals surface area contributed by atoms with Crippen molar-refractivity contribution in [2.75, 3.05) is 5.75 Å². The monoisotopic (exact) mass is 305 g/mol. The van der Waals surface area contributed by atoms with Crippen LogP contribution in [0, 0.1) is 0 Å². The van der Waals surface area contributed by atoms with Crippen molar-refractivity contribution < 1.29 is 0 Å². The van der Waals surface area contributed by atoms with E-state index in [1.165, 1.54) is 30.6 Å². The molecule has 1 atom stereocenters. The van der Waals surface area contributed by atoms with Crippen LogP contribution in [0.1, 0.15) is 53.4 Å². The quantitative estimate of drug-likeness (QED) is 0.441. The first-order valence-electron chi connectivity index (χ1n) is 8.23. The van der Waals surface area contributed by atoms with Crippen molar-refractivity contribution in [2.24, 2.45) is 0 Å². The van der Waals surface area contributed by atoms with E-state index in [0.29, 0.717) is 12.1 Å². The van der Waals surface area contributed by atoms with Gasteiger partial charge in [-0.2, -0.15) is 0 Å². The predicted molar refractivity (Wildman–Crippen MR) is 97.1 cm³/mol. The van der Waals surface area contributed by atoms with Crippen LogP contribution >= 0.6 is 11.8 Å². The molecular formula is C19H31NS. The van der Waals surface area contributed by atoms with Gasteiger partial charge in [-0.05, 0) is 44.7 Å². The fourth-order valence-corrected chi connectivity index (χ4v) is 3.51. The van der Waals surface area contributed by atoms with Gasteiger partial charge in [0.2, 0.25) is 0 Å². The second-order valence-electron chi connectivity index (χ2n) is 5.84. The van der Waals surface area contributed by atoms with Gasteiger partial charge in [0.05, 0.1) is 0 Å². The van der Waals surface area contributed by atoms with E-state index in [9.17, 15) is 0 Å². The summed E-state index contributed by atoms with van der Waals surface area (Å²) in [6, 6.07) is 11.9. The molecule has 2 heteroatoms. The van der Waals surface area contributed by atoms with Gasteiger partial charge in [0, 0.05) is 22.7 Å². The molecule has 0 saturated carbocycles. The molecule has 0 bridgehead atoms. The molecule has 0 aliphatic carbocycles. The van der Waals surface area contributed by atoms with Gasteiger partial charge in [0.15, 0.2) is 0 Å². The zero-order chi connectivity index (χ0) is 15.5. The summed E-state index contributed by atoms with van der Waals surface area (Å²) in [7, 11) is 0. The van der Waals surface area contributed by atoms with Crippen molar-refractivity contribution >= 4 is 11.8 Å². The summed E-state index contributed by atoms with van der Waals surface area (Å²) < 4.78 is 0. The molecule has 0 aliphatic heterocycles. The van der Waals surface area contributed by atoms with E-state index in [-0.39, 0.29) is 0 Å². The lowest BCUT2D eigenvalue weighted by atomic mass is 10.0. The van der Waals surface area contributed by atoms with Gasteiger partial charge < -0.3 is 5.32 Å². The zero-order valence-electron chi connectivity index (χ0n) is 14.1. The minimum atomic E-state index is 0.554. The van der Waals surface area contributed by atoms with Gasteiger partial charge in [0.1, 0.15) is 0 Å². The molecule has 0 fully saturated rings. The molecule has 1 aromatic rings. The summed E-state index contributed by atoms with van der Waals surface area (Å²) in [5, 5.41) is 3.72. The fourth-order valence-electron chi connectivity index (χ4n) is 2.50. The normalized spacial score (nSPS) is 13.7. The molecule has 0 aromatic heterocycles. The van der Waals surface area contributed by atoms with Crippen molar-refractivity contribution in [3.63, 3.8) is 0 Å². The van der Waals surface area contributed by atoms with Crippen LogP contribution in [-0.4, -0.2) is 17.8 Å². The molecule has 0 heterocycles. The maximum Gasteiger partial charge on any atom is 0.0164 e. The maximum absolute atomic E-state index is 3.72. The second-order valence-corrected chi connectivity index (χ2v) is 6.93. The van der Waals surface area contributed by atoms with Crippen LogP contribution in [-0.2, 0) is 0 Å². The Morgan fingerprint density at radius 2 is 1.95 bits per heavy atom. The highest BCUT2D eigenvalue weighted by atomic mass is 32.2. The number of thioether (sulfide) groups is 1. The van der Waals surface area contributed by atoms with E-state index in [0.717, 1.165) is 5.75 Å². The Hall–Kier alpha value is -0.730. The Morgan fingerprint density at radius 1 is 1.24 bits per heavy atom. The zero-order valence-corrected chi connectivity index (χ0v) is 14.9. The van der Waals surface area contributed by atoms with Crippen LogP contribution in [0.3, 0.4) is 0 Å². The highest BCUT2D eigenvalue weighted by Gasteiger charge is 2.10. The molecule has 0 amide bonds. The molecule has 0 radical (unpaired) electrons. The summed E-state index contributed by atoms with van der Waals surface area (Å²) in [6.07, 6.45) is 7.27. The molecule has 0 aliphatic rings. The molecule has 1 aromatic carbocycles. The largest absolute Gasteiger partial charge is 0.311 e. The Balaban J connectivity index is 2.40. The number of hydrogen-bond donors (Lipinski definition) is 1. The first-order chi connectivity index (χ1) is 10.2. The van der Waals surface area contributed by atoms with E-state index in [1.807, 2.05) is 11.8 Å². The molecule has 0 unspecified atom stereocenters. The third-order valence-electron chi connectivity index (χ3n) is 3.68. The second kappa shape index (κ2) is 10.9. The van der Waals surface area contributed by atoms with E-state index < -0.39 is 0 Å². The summed E-state index contributed by atoms with van der Waals surface area (Å²) in [5.41, 5.74) is 1.59. The first kappa shape index (κ1) is 18.3. The number of rotatable bonds is 10. The van der Waals surface area contributed by atoms with Crippen molar-refractivity contribution in [1.29, 1.82) is 0 Å². The molecule has 0 spiro atoms. The lowest BCUT2D eigenvalue weighted by Gasteiger charge is -2.21. The summed E-state index contributed by atoms with van der Waals surface area (Å²) in [4.78, 5) is 1.37. The molecule has 1 N–H and O–H groups in total. The minimum Gasteiger partial charge on any atom is -0.311 e. The van der Waals surface area contributed by atoms with Crippen LogP contribution in [0.5, 0.6) is 0 Å². The van der Waals surface area contributed by atoms with E-state index >= 15 is 0 Å². The van der Waals surface area contributed by atoms with Crippen molar-refractivity contribution in [3.05, 3.63) is 42.0 Å². The fraction of sp³-hybridized carbons (Fsp3) is 0.579. The molecule has 1 nitrogen and oxygen atoms in total. The first-order valence-corrected chi connectivity index (χ1v) is 9.22. The highest BCUT2D eigenvalue weighted by Crippen LogP contribution is 2.21. The summed E-state index contributed by atoms with van der Waals surface area (Å²) in [6.45, 7) is 8.89. The van der Waals surface area contributed by atoms with E-state index in [1.54, 1.807) is 5.57 Å². The molecular weight excluding hydrogens is 274 g/mol. The van der Waals surface area contributed by atoms with Crippen LogP contribution < -0.4 is 5.32 Å². The van der Waals surface area contributed by atoms with Crippen LogP contribution in [0.15, 0.2) is 46.9 Å². The van der Waals surface area contributed by atoms with Crippen molar-refractivity contribution in [3.8, 4) is 0 Å². The van der Waals surface area contributed by atoms with E-state index in [2.05, 4.69) is 69.4 Å². The molecule has 21 heavy (non-hydrogen) atoms. The third-order valence-corrected chi connectivity index (χ3v) is 4.85. The average molecular weight is 306 g/mol. The lowest BCUT2D eigenvalue weighted by molar-refractivity contribution is 0.459. The van der Waals surface area contributed by atoms with Crippen LogP contribution in [0.25, 0.3) is 0 Å². The number of benzene rings is 1. The Morgan fingerprint density at radius 3 is 2.52 bits per heavy atom. The highest BCUT2D eigenvalue weighted by molar-refractivity contribution is 7.99. The standard InChI is InChI=1S/C19H31NS/c1-5-17(6-2)11-10-12-18(20-16(3)4)15-21-19-13-8-7-9-14-19/h5,7-9,13-14,16,18,20H,6,10-12,15H2,1-4H3/b17-5-/t18-/m1/s1. The lowest BCUT2D eigenvalue weighted by Crippen LogP contribution is -2.36. The Labute approximate surface area is 135 Å². The average Bonchev–Trinajstić information content (AvgIpc) is 2.49. The Bertz CT molecular complexity index is 397. The minimum absolute atomic E-state index is 0.554. The van der Waals surface area contributed by atoms with E-state index in [4.69, 9.17) is 0 Å². The molecule has 1 rings (SSSR count). The van der Waals surface area contributed by atoms with Gasteiger partial charge in [-0.1, -0.05) is 50.6 Å². The van der Waals surface area contributed by atoms with Gasteiger partial charge in [-0.3, -0.25) is 0 Å². The van der Waals surface area contributed by atoms with Gasteiger partial charge >= 0.3 is 0 Å². The number of hydrogen-bond acceptors (Lipinski definition) is 2. The van der Waals surface area contributed by atoms with Crippen molar-refractivity contribution in [1.82, 2.24) is 5.32 Å². The van der Waals surface area contributed by atoms with Gasteiger partial charge in [0.25, 0.3) is 0 Å². The molecule has 118 valence electrons. The van der Waals surface area contributed by atoms with Crippen LogP contribution in [0.4, 0.5) is 0 Å². The maximum atomic E-state index is 3.72. The topological polar surface area (TPSA) is 12.0 Å². The summed E-state index contributed by atoms with van der Waals surface area (Å²) >= 11 is 1.96. The molecule has 0 saturated heterocycles. The van der Waals surface area contributed by atoms with Crippen LogP contribution in [0.2, 0.25) is 0 Å². The SMILES string of the molecule is C/C=C(/CC)CCC[C@H](CSc1ccccc1)NC(C)C. The van der Waals surface area contributed by atoms with Crippen molar-refractivity contribution in [2.45, 2.75) is 70.4 Å². The number of nitrogens with one attached hydrogen (secondary N) is 1. The van der Waals surface area contributed by atoms with Gasteiger partial charge in [-0.25, -0.2) is 0 Å².